The Morgan fingerprint density at radius 3 is 2.58 bits per heavy atom. The average molecular weight is 351 g/mol. The molecule has 0 amide bonds. The van der Waals surface area contributed by atoms with Gasteiger partial charge in [-0.2, -0.15) is 18.4 Å². The second kappa shape index (κ2) is 6.75. The van der Waals surface area contributed by atoms with E-state index in [9.17, 15) is 22.9 Å². The smallest absolute Gasteiger partial charge is 0.258 e. The van der Waals surface area contributed by atoms with Crippen molar-refractivity contribution in [2.75, 3.05) is 0 Å². The molecule has 0 saturated carbocycles. The van der Waals surface area contributed by atoms with E-state index in [0.29, 0.717) is 11.1 Å². The van der Waals surface area contributed by atoms with Gasteiger partial charge in [-0.3, -0.25) is 10.1 Å². The molecule has 0 spiro atoms. The number of nitro groups is 1. The Hall–Kier alpha value is -2.81. The SMILES string of the molecule is C/C(=N\NS(=O)(=O)c1ccc(C)c([N+](=O)[O-])c1)c1cccc(F)c1. The Morgan fingerprint density at radius 1 is 1.25 bits per heavy atom. The maximum Gasteiger partial charge on any atom is 0.276 e. The van der Waals surface area contributed by atoms with Crippen molar-refractivity contribution in [1.82, 2.24) is 4.83 Å². The van der Waals surface area contributed by atoms with E-state index in [1.165, 1.54) is 44.2 Å². The van der Waals surface area contributed by atoms with Crippen molar-refractivity contribution in [3.63, 3.8) is 0 Å². The average Bonchev–Trinajstić information content (AvgIpc) is 2.52. The normalized spacial score (nSPS) is 12.0. The summed E-state index contributed by atoms with van der Waals surface area (Å²) >= 11 is 0. The topological polar surface area (TPSA) is 102 Å². The van der Waals surface area contributed by atoms with Crippen molar-refractivity contribution >= 4 is 21.4 Å². The van der Waals surface area contributed by atoms with Crippen LogP contribution in [-0.4, -0.2) is 19.1 Å². The summed E-state index contributed by atoms with van der Waals surface area (Å²) in [6.45, 7) is 3.02. The van der Waals surface area contributed by atoms with Crippen LogP contribution in [0.5, 0.6) is 0 Å². The van der Waals surface area contributed by atoms with Crippen molar-refractivity contribution in [2.24, 2.45) is 5.10 Å². The highest BCUT2D eigenvalue weighted by Crippen LogP contribution is 2.22. The molecule has 0 aliphatic carbocycles. The summed E-state index contributed by atoms with van der Waals surface area (Å²) in [5, 5.41) is 14.6. The summed E-state index contributed by atoms with van der Waals surface area (Å²) in [4.78, 5) is 12.0. The highest BCUT2D eigenvalue weighted by atomic mass is 32.2. The first kappa shape index (κ1) is 17.5. The fraction of sp³-hybridized carbons (Fsp3) is 0.133. The summed E-state index contributed by atoms with van der Waals surface area (Å²) in [5.41, 5.74) is 0.703. The molecular formula is C15H14FN3O4S. The molecule has 24 heavy (non-hydrogen) atoms. The number of hydrazone groups is 1. The van der Waals surface area contributed by atoms with Crippen molar-refractivity contribution in [3.8, 4) is 0 Å². The van der Waals surface area contributed by atoms with Gasteiger partial charge in [-0.1, -0.05) is 18.2 Å². The highest BCUT2D eigenvalue weighted by Gasteiger charge is 2.19. The predicted molar refractivity (Wildman–Crippen MR) is 86.8 cm³/mol. The van der Waals surface area contributed by atoms with Crippen LogP contribution >= 0.6 is 0 Å². The van der Waals surface area contributed by atoms with Crippen LogP contribution < -0.4 is 4.83 Å². The van der Waals surface area contributed by atoms with Crippen molar-refractivity contribution < 1.29 is 17.7 Å². The van der Waals surface area contributed by atoms with E-state index in [0.717, 1.165) is 6.07 Å². The monoisotopic (exact) mass is 351 g/mol. The van der Waals surface area contributed by atoms with Crippen molar-refractivity contribution in [1.29, 1.82) is 0 Å². The summed E-state index contributed by atoms with van der Waals surface area (Å²) in [7, 11) is -4.08. The maximum absolute atomic E-state index is 13.2. The molecule has 0 saturated heterocycles. The van der Waals surface area contributed by atoms with Gasteiger partial charge in [0.2, 0.25) is 0 Å². The molecule has 2 rings (SSSR count). The van der Waals surface area contributed by atoms with Crippen LogP contribution in [0, 0.1) is 22.9 Å². The molecule has 2 aromatic carbocycles. The molecule has 2 aromatic rings. The fourth-order valence-corrected chi connectivity index (χ4v) is 2.79. The second-order valence-electron chi connectivity index (χ2n) is 5.01. The first-order valence-corrected chi connectivity index (χ1v) is 8.26. The number of sulfonamides is 1. The number of rotatable bonds is 5. The van der Waals surface area contributed by atoms with Gasteiger partial charge in [0.15, 0.2) is 0 Å². The van der Waals surface area contributed by atoms with Crippen LogP contribution in [0.3, 0.4) is 0 Å². The van der Waals surface area contributed by atoms with Crippen LogP contribution in [0.25, 0.3) is 0 Å². The minimum absolute atomic E-state index is 0.250. The summed E-state index contributed by atoms with van der Waals surface area (Å²) in [6.07, 6.45) is 0. The van der Waals surface area contributed by atoms with Gasteiger partial charge in [-0.25, -0.2) is 4.39 Å². The molecule has 0 heterocycles. The minimum Gasteiger partial charge on any atom is -0.258 e. The molecule has 0 aliphatic heterocycles. The van der Waals surface area contributed by atoms with Crippen LogP contribution in [0.2, 0.25) is 0 Å². The van der Waals surface area contributed by atoms with Gasteiger partial charge < -0.3 is 0 Å². The first-order chi connectivity index (χ1) is 11.2. The molecule has 126 valence electrons. The third-order valence-electron chi connectivity index (χ3n) is 3.26. The Bertz CT molecular complexity index is 926. The molecule has 7 nitrogen and oxygen atoms in total. The fourth-order valence-electron chi connectivity index (χ4n) is 1.91. The van der Waals surface area contributed by atoms with Gasteiger partial charge in [0.1, 0.15) is 5.82 Å². The number of hydrogen-bond donors (Lipinski definition) is 1. The maximum atomic E-state index is 13.2. The van der Waals surface area contributed by atoms with Crippen LogP contribution in [0.1, 0.15) is 18.1 Å². The van der Waals surface area contributed by atoms with Gasteiger partial charge in [0.25, 0.3) is 15.7 Å². The van der Waals surface area contributed by atoms with E-state index < -0.39 is 20.8 Å². The molecule has 1 N–H and O–H groups in total. The standard InChI is InChI=1S/C15H14FN3O4S/c1-10-6-7-14(9-15(10)19(20)21)24(22,23)18-17-11(2)12-4-3-5-13(16)8-12/h3-9,18H,1-2H3/b17-11+. The minimum atomic E-state index is -4.08. The Morgan fingerprint density at radius 2 is 1.96 bits per heavy atom. The molecule has 0 unspecified atom stereocenters. The summed E-state index contributed by atoms with van der Waals surface area (Å²) in [6, 6.07) is 9.07. The van der Waals surface area contributed by atoms with Crippen LogP contribution in [0.4, 0.5) is 10.1 Å². The molecule has 0 radical (unpaired) electrons. The summed E-state index contributed by atoms with van der Waals surface area (Å²) < 4.78 is 37.6. The lowest BCUT2D eigenvalue weighted by molar-refractivity contribution is -0.385. The lowest BCUT2D eigenvalue weighted by Crippen LogP contribution is -2.20. The first-order valence-electron chi connectivity index (χ1n) is 6.78. The Labute approximate surface area is 138 Å². The van der Waals surface area contributed by atoms with E-state index in [2.05, 4.69) is 5.10 Å². The van der Waals surface area contributed by atoms with E-state index in [1.54, 1.807) is 6.07 Å². The predicted octanol–water partition coefficient (Wildman–Crippen LogP) is 2.74. The number of nitrogens with zero attached hydrogens (tertiary/aromatic N) is 2. The molecule has 0 aliphatic rings. The summed E-state index contributed by atoms with van der Waals surface area (Å²) in [5.74, 6) is -0.473. The van der Waals surface area contributed by atoms with E-state index in [4.69, 9.17) is 0 Å². The molecule has 9 heteroatoms. The van der Waals surface area contributed by atoms with E-state index in [-0.39, 0.29) is 16.3 Å². The number of hydrogen-bond acceptors (Lipinski definition) is 5. The third-order valence-corrected chi connectivity index (χ3v) is 4.47. The van der Waals surface area contributed by atoms with E-state index in [1.807, 2.05) is 4.83 Å². The number of halogens is 1. The third kappa shape index (κ3) is 3.93. The zero-order valence-electron chi connectivity index (χ0n) is 12.9. The Kier molecular flexibility index (Phi) is 4.93. The number of benzene rings is 2. The quantitative estimate of drug-likeness (QED) is 0.508. The largest absolute Gasteiger partial charge is 0.276 e. The molecule has 0 atom stereocenters. The molecular weight excluding hydrogens is 337 g/mol. The van der Waals surface area contributed by atoms with Gasteiger partial charge in [-0.15, -0.1) is 0 Å². The second-order valence-corrected chi connectivity index (χ2v) is 6.67. The van der Waals surface area contributed by atoms with Crippen molar-refractivity contribution in [3.05, 3.63) is 69.5 Å². The molecule has 0 aromatic heterocycles. The van der Waals surface area contributed by atoms with Crippen LogP contribution in [-0.2, 0) is 10.0 Å². The van der Waals surface area contributed by atoms with Gasteiger partial charge in [0.05, 0.1) is 15.5 Å². The van der Waals surface area contributed by atoms with Gasteiger partial charge in [0, 0.05) is 17.2 Å². The zero-order chi connectivity index (χ0) is 17.9. The molecule has 0 fully saturated rings. The lowest BCUT2D eigenvalue weighted by atomic mass is 10.1. The van der Waals surface area contributed by atoms with Crippen molar-refractivity contribution in [2.45, 2.75) is 18.7 Å². The molecule has 0 bridgehead atoms. The highest BCUT2D eigenvalue weighted by molar-refractivity contribution is 7.89. The van der Waals surface area contributed by atoms with Crippen LogP contribution in [0.15, 0.2) is 52.5 Å². The van der Waals surface area contributed by atoms with Gasteiger partial charge >= 0.3 is 0 Å². The Balaban J connectivity index is 2.30. The van der Waals surface area contributed by atoms with Gasteiger partial charge in [-0.05, 0) is 32.0 Å². The van der Waals surface area contributed by atoms with E-state index >= 15 is 0 Å². The lowest BCUT2D eigenvalue weighted by Gasteiger charge is -2.06. The zero-order valence-corrected chi connectivity index (χ0v) is 13.7. The number of aryl methyl sites for hydroxylation is 1. The number of nitrogens with one attached hydrogen (secondary N) is 1. The number of nitro benzene ring substituents is 1.